The average Bonchev–Trinajstić information content (AvgIpc) is 2.51. The summed E-state index contributed by atoms with van der Waals surface area (Å²) >= 11 is 5.17. The second-order valence-corrected chi connectivity index (χ2v) is 5.66. The average molecular weight is 272 g/mol. The van der Waals surface area contributed by atoms with Gasteiger partial charge in [-0.05, 0) is 42.8 Å². The Morgan fingerprint density at radius 1 is 1.64 bits per heavy atom. The number of hydrogen-bond donors (Lipinski definition) is 1. The highest BCUT2D eigenvalue weighted by molar-refractivity contribution is 9.10. The first kappa shape index (κ1) is 11.8. The normalized spacial score (nSPS) is 13.6. The van der Waals surface area contributed by atoms with Crippen molar-refractivity contribution in [2.24, 2.45) is 0 Å². The Balaban J connectivity index is 2.69. The highest BCUT2D eigenvalue weighted by Gasteiger charge is 2.18. The molecule has 1 rings (SSSR count). The van der Waals surface area contributed by atoms with Gasteiger partial charge >= 0.3 is 0 Å². The van der Waals surface area contributed by atoms with E-state index in [0.29, 0.717) is 0 Å². The first-order chi connectivity index (χ1) is 6.44. The molecule has 0 spiro atoms. The number of rotatable bonds is 3. The topological polar surface area (TPSA) is 12.0 Å². The summed E-state index contributed by atoms with van der Waals surface area (Å²) in [6, 6.07) is 2.41. The third-order valence-electron chi connectivity index (χ3n) is 1.95. The van der Waals surface area contributed by atoms with Gasteiger partial charge in [0.25, 0.3) is 0 Å². The van der Waals surface area contributed by atoms with Gasteiger partial charge in [-0.2, -0.15) is 0 Å². The van der Waals surface area contributed by atoms with Crippen LogP contribution in [0.5, 0.6) is 0 Å². The number of thiophene rings is 1. The number of terminal acetylenes is 1. The van der Waals surface area contributed by atoms with Crippen LogP contribution in [0.2, 0.25) is 0 Å². The minimum absolute atomic E-state index is 0.254. The Morgan fingerprint density at radius 3 is 2.71 bits per heavy atom. The largest absolute Gasteiger partial charge is 0.294 e. The molecule has 3 heteroatoms. The van der Waals surface area contributed by atoms with Crippen LogP contribution in [-0.2, 0) is 0 Å². The van der Waals surface area contributed by atoms with E-state index in [1.165, 1.54) is 4.88 Å². The summed E-state index contributed by atoms with van der Waals surface area (Å²) in [6.45, 7) is 6.13. The molecule has 1 aromatic rings. The summed E-state index contributed by atoms with van der Waals surface area (Å²) in [7, 11) is 0. The summed E-state index contributed by atoms with van der Waals surface area (Å²) < 4.78 is 1.13. The Hall–Kier alpha value is -0.300. The predicted octanol–water partition coefficient (Wildman–Crippen LogP) is 3.57. The van der Waals surface area contributed by atoms with Crippen molar-refractivity contribution < 1.29 is 0 Å². The molecule has 0 aliphatic carbocycles. The lowest BCUT2D eigenvalue weighted by atomic mass is 10.1. The summed E-state index contributed by atoms with van der Waals surface area (Å²) in [5, 5.41) is 5.47. The third kappa shape index (κ3) is 3.13. The summed E-state index contributed by atoms with van der Waals surface area (Å²) in [5.41, 5.74) is -0.254. The van der Waals surface area contributed by atoms with E-state index in [0.717, 1.165) is 4.47 Å². The van der Waals surface area contributed by atoms with Crippen molar-refractivity contribution in [1.29, 1.82) is 0 Å². The fourth-order valence-corrected chi connectivity index (χ4v) is 2.66. The van der Waals surface area contributed by atoms with E-state index in [-0.39, 0.29) is 11.6 Å². The minimum Gasteiger partial charge on any atom is -0.294 e. The van der Waals surface area contributed by atoms with Crippen LogP contribution in [0, 0.1) is 12.3 Å². The van der Waals surface area contributed by atoms with E-state index in [2.05, 4.69) is 45.5 Å². The number of nitrogens with one attached hydrogen (secondary N) is 1. The van der Waals surface area contributed by atoms with E-state index in [1.54, 1.807) is 11.3 Å². The number of halogens is 1. The second-order valence-electron chi connectivity index (χ2n) is 3.80. The van der Waals surface area contributed by atoms with Crippen molar-refractivity contribution in [1.82, 2.24) is 5.32 Å². The van der Waals surface area contributed by atoms with Crippen LogP contribution < -0.4 is 5.32 Å². The molecule has 0 amide bonds. The zero-order valence-corrected chi connectivity index (χ0v) is 11.0. The molecule has 0 aliphatic heterocycles. The van der Waals surface area contributed by atoms with E-state index in [4.69, 9.17) is 6.42 Å². The fraction of sp³-hybridized carbons (Fsp3) is 0.455. The van der Waals surface area contributed by atoms with Gasteiger partial charge in [0.15, 0.2) is 0 Å². The lowest BCUT2D eigenvalue weighted by Crippen LogP contribution is -2.39. The first-order valence-electron chi connectivity index (χ1n) is 4.44. The van der Waals surface area contributed by atoms with Gasteiger partial charge < -0.3 is 0 Å². The minimum atomic E-state index is -0.254. The number of hydrogen-bond acceptors (Lipinski definition) is 2. The molecule has 1 N–H and O–H groups in total. The molecule has 0 fully saturated rings. The standard InChI is InChI=1S/C11H14BrNS/c1-5-11(3,4)13-8(2)10-6-9(12)7-14-10/h1,6-8,13H,2-4H3. The van der Waals surface area contributed by atoms with Crippen molar-refractivity contribution in [3.8, 4) is 12.3 Å². The van der Waals surface area contributed by atoms with Crippen molar-refractivity contribution in [3.63, 3.8) is 0 Å². The van der Waals surface area contributed by atoms with Crippen LogP contribution in [0.25, 0.3) is 0 Å². The first-order valence-corrected chi connectivity index (χ1v) is 6.11. The molecule has 14 heavy (non-hydrogen) atoms. The quantitative estimate of drug-likeness (QED) is 0.829. The molecule has 1 aromatic heterocycles. The van der Waals surface area contributed by atoms with Gasteiger partial charge in [0, 0.05) is 20.8 Å². The smallest absolute Gasteiger partial charge is 0.0746 e. The van der Waals surface area contributed by atoms with Crippen molar-refractivity contribution in [2.75, 3.05) is 0 Å². The van der Waals surface area contributed by atoms with Crippen molar-refractivity contribution in [2.45, 2.75) is 32.4 Å². The second kappa shape index (κ2) is 4.48. The highest BCUT2D eigenvalue weighted by atomic mass is 79.9. The van der Waals surface area contributed by atoms with Crippen molar-refractivity contribution >= 4 is 27.3 Å². The lowest BCUT2D eigenvalue weighted by molar-refractivity contribution is 0.435. The molecule has 0 aliphatic rings. The SMILES string of the molecule is C#CC(C)(C)NC(C)c1cc(Br)cs1. The molecule has 0 aromatic carbocycles. The van der Waals surface area contributed by atoms with Crippen LogP contribution in [0.1, 0.15) is 31.7 Å². The van der Waals surface area contributed by atoms with Gasteiger partial charge in [-0.15, -0.1) is 17.8 Å². The lowest BCUT2D eigenvalue weighted by Gasteiger charge is -2.24. The maximum absolute atomic E-state index is 5.42. The third-order valence-corrected chi connectivity index (χ3v) is 3.83. The van der Waals surface area contributed by atoms with E-state index in [9.17, 15) is 0 Å². The van der Waals surface area contributed by atoms with Crippen LogP contribution in [0.15, 0.2) is 15.9 Å². The van der Waals surface area contributed by atoms with E-state index in [1.807, 2.05) is 13.8 Å². The molecule has 1 heterocycles. The van der Waals surface area contributed by atoms with Gasteiger partial charge in [-0.3, -0.25) is 5.32 Å². The van der Waals surface area contributed by atoms with Gasteiger partial charge in [0.1, 0.15) is 0 Å². The Labute approximate surface area is 98.0 Å². The van der Waals surface area contributed by atoms with Gasteiger partial charge in [0.2, 0.25) is 0 Å². The Bertz CT molecular complexity index is 348. The zero-order chi connectivity index (χ0) is 10.8. The van der Waals surface area contributed by atoms with Crippen molar-refractivity contribution in [3.05, 3.63) is 20.8 Å². The fourth-order valence-electron chi connectivity index (χ4n) is 1.21. The van der Waals surface area contributed by atoms with E-state index >= 15 is 0 Å². The molecule has 1 unspecified atom stereocenters. The molecule has 1 atom stereocenters. The highest BCUT2D eigenvalue weighted by Crippen LogP contribution is 2.26. The van der Waals surface area contributed by atoms with E-state index < -0.39 is 0 Å². The van der Waals surface area contributed by atoms with Crippen LogP contribution in [0.4, 0.5) is 0 Å². The molecule has 0 saturated carbocycles. The van der Waals surface area contributed by atoms with Crippen LogP contribution in [-0.4, -0.2) is 5.54 Å². The molecular weight excluding hydrogens is 258 g/mol. The molecule has 76 valence electrons. The Kier molecular flexibility index (Phi) is 3.77. The summed E-state index contributed by atoms with van der Waals surface area (Å²) in [6.07, 6.45) is 5.42. The van der Waals surface area contributed by atoms with Gasteiger partial charge in [-0.25, -0.2) is 0 Å². The van der Waals surface area contributed by atoms with Gasteiger partial charge in [-0.1, -0.05) is 5.92 Å². The summed E-state index contributed by atoms with van der Waals surface area (Å²) in [4.78, 5) is 1.29. The Morgan fingerprint density at radius 2 is 2.29 bits per heavy atom. The maximum atomic E-state index is 5.42. The molecule has 0 bridgehead atoms. The summed E-state index contributed by atoms with van der Waals surface area (Å²) in [5.74, 6) is 2.73. The van der Waals surface area contributed by atoms with Crippen LogP contribution in [0.3, 0.4) is 0 Å². The van der Waals surface area contributed by atoms with Gasteiger partial charge in [0.05, 0.1) is 5.54 Å². The molecule has 1 nitrogen and oxygen atoms in total. The zero-order valence-electron chi connectivity index (χ0n) is 8.60. The maximum Gasteiger partial charge on any atom is 0.0746 e. The molecular formula is C11H14BrNS. The predicted molar refractivity (Wildman–Crippen MR) is 66.5 cm³/mol. The molecule has 0 radical (unpaired) electrons. The van der Waals surface area contributed by atoms with Crippen LogP contribution >= 0.6 is 27.3 Å². The molecule has 0 saturated heterocycles. The monoisotopic (exact) mass is 271 g/mol.